The smallest absolute Gasteiger partial charge is 0.221 e. The van der Waals surface area contributed by atoms with E-state index in [-0.39, 0.29) is 5.91 Å². The molecule has 1 aromatic rings. The summed E-state index contributed by atoms with van der Waals surface area (Å²) in [6, 6.07) is 7.43. The molecule has 0 radical (unpaired) electrons. The number of thiol groups is 1. The molecule has 0 saturated carbocycles. The van der Waals surface area contributed by atoms with Gasteiger partial charge in [0, 0.05) is 12.5 Å². The highest BCUT2D eigenvalue weighted by Crippen LogP contribution is 2.13. The van der Waals surface area contributed by atoms with Crippen LogP contribution in [0.5, 0.6) is 0 Å². The first-order valence-electron chi connectivity index (χ1n) is 4.20. The maximum absolute atomic E-state index is 10.9. The van der Waals surface area contributed by atoms with Crippen LogP contribution in [-0.2, 0) is 4.79 Å². The van der Waals surface area contributed by atoms with Gasteiger partial charge in [-0.15, -0.1) is 0 Å². The zero-order chi connectivity index (χ0) is 10.4. The fourth-order valence-electron chi connectivity index (χ4n) is 1.03. The number of nitrogens with one attached hydrogen (secondary N) is 1. The van der Waals surface area contributed by atoms with Crippen molar-refractivity contribution in [3.63, 3.8) is 0 Å². The first-order valence-corrected chi connectivity index (χ1v) is 4.83. The van der Waals surface area contributed by atoms with Gasteiger partial charge in [-0.1, -0.05) is 24.0 Å². The Bertz CT molecular complexity index is 390. The maximum Gasteiger partial charge on any atom is 0.221 e. The first kappa shape index (κ1) is 10.7. The number of amides is 1. The minimum Gasteiger partial charge on any atom is -0.325 e. The predicted molar refractivity (Wildman–Crippen MR) is 61.5 cm³/mol. The molecule has 2 nitrogen and oxygen atoms in total. The summed E-state index contributed by atoms with van der Waals surface area (Å²) in [7, 11) is 0. The molecule has 0 spiro atoms. The van der Waals surface area contributed by atoms with E-state index in [1.54, 1.807) is 0 Å². The van der Waals surface area contributed by atoms with E-state index < -0.39 is 0 Å². The first-order chi connectivity index (χ1) is 6.74. The fraction of sp³-hybridized carbons (Fsp3) is 0.182. The molecule has 0 aliphatic rings. The predicted octanol–water partition coefficient (Wildman–Crippen LogP) is 1.93. The summed E-state index contributed by atoms with van der Waals surface area (Å²) in [5, 5.41) is 2.72. The van der Waals surface area contributed by atoms with Gasteiger partial charge in [0.1, 0.15) is 0 Å². The highest BCUT2D eigenvalue weighted by Gasteiger charge is 1.99. The monoisotopic (exact) mass is 205 g/mol. The molecule has 1 rings (SSSR count). The summed E-state index contributed by atoms with van der Waals surface area (Å²) in [6.07, 6.45) is 0. The van der Waals surface area contributed by atoms with Crippen molar-refractivity contribution in [2.24, 2.45) is 0 Å². The Morgan fingerprint density at radius 2 is 2.21 bits per heavy atom. The van der Waals surface area contributed by atoms with Crippen LogP contribution in [0.3, 0.4) is 0 Å². The van der Waals surface area contributed by atoms with Crippen molar-refractivity contribution in [1.29, 1.82) is 0 Å². The molecule has 0 aliphatic carbocycles. The lowest BCUT2D eigenvalue weighted by Gasteiger charge is -2.03. The maximum atomic E-state index is 10.9. The molecule has 0 heterocycles. The van der Waals surface area contributed by atoms with E-state index in [0.29, 0.717) is 5.75 Å². The number of carbonyl (C=O) groups excluding carboxylic acids is 1. The van der Waals surface area contributed by atoms with E-state index in [1.165, 1.54) is 6.92 Å². The second-order valence-electron chi connectivity index (χ2n) is 2.69. The molecule has 0 atom stereocenters. The average molecular weight is 205 g/mol. The summed E-state index contributed by atoms with van der Waals surface area (Å²) in [4.78, 5) is 10.9. The van der Waals surface area contributed by atoms with Crippen molar-refractivity contribution in [3.8, 4) is 11.8 Å². The molecule has 0 aromatic heterocycles. The number of para-hydroxylation sites is 1. The van der Waals surface area contributed by atoms with E-state index in [1.807, 2.05) is 24.3 Å². The van der Waals surface area contributed by atoms with Crippen LogP contribution in [0.2, 0.25) is 0 Å². The van der Waals surface area contributed by atoms with Gasteiger partial charge in [0.05, 0.1) is 11.4 Å². The van der Waals surface area contributed by atoms with Gasteiger partial charge in [-0.2, -0.15) is 12.6 Å². The van der Waals surface area contributed by atoms with Gasteiger partial charge in [0.15, 0.2) is 0 Å². The quantitative estimate of drug-likeness (QED) is 0.532. The van der Waals surface area contributed by atoms with Crippen molar-refractivity contribution in [2.75, 3.05) is 11.1 Å². The molecule has 0 unspecified atom stereocenters. The number of hydrogen-bond donors (Lipinski definition) is 2. The third-order valence-electron chi connectivity index (χ3n) is 1.54. The number of hydrogen-bond acceptors (Lipinski definition) is 2. The molecule has 1 aromatic carbocycles. The normalized spacial score (nSPS) is 8.71. The third kappa shape index (κ3) is 3.15. The number of benzene rings is 1. The largest absolute Gasteiger partial charge is 0.325 e. The van der Waals surface area contributed by atoms with E-state index in [2.05, 4.69) is 29.8 Å². The van der Waals surface area contributed by atoms with Crippen LogP contribution in [0.15, 0.2) is 24.3 Å². The molecule has 14 heavy (non-hydrogen) atoms. The summed E-state index contributed by atoms with van der Waals surface area (Å²) in [5.41, 5.74) is 1.56. The summed E-state index contributed by atoms with van der Waals surface area (Å²) in [5.74, 6) is 6.18. The van der Waals surface area contributed by atoms with Crippen LogP contribution in [0, 0.1) is 11.8 Å². The van der Waals surface area contributed by atoms with Gasteiger partial charge in [0.25, 0.3) is 0 Å². The second kappa shape index (κ2) is 5.36. The van der Waals surface area contributed by atoms with Crippen molar-refractivity contribution in [1.82, 2.24) is 0 Å². The standard InChI is InChI=1S/C11H11NOS/c1-9(13)12-11-7-3-2-5-10(11)6-4-8-14/h2-3,5,7,14H,8H2,1H3,(H,12,13). The van der Waals surface area contributed by atoms with Crippen molar-refractivity contribution < 1.29 is 4.79 Å². The van der Waals surface area contributed by atoms with Crippen LogP contribution in [0.25, 0.3) is 0 Å². The van der Waals surface area contributed by atoms with E-state index in [9.17, 15) is 4.79 Å². The molecule has 3 heteroatoms. The van der Waals surface area contributed by atoms with Crippen LogP contribution in [-0.4, -0.2) is 11.7 Å². The van der Waals surface area contributed by atoms with E-state index >= 15 is 0 Å². The van der Waals surface area contributed by atoms with Gasteiger partial charge in [-0.05, 0) is 12.1 Å². The average Bonchev–Trinajstić information content (AvgIpc) is 2.16. The van der Waals surface area contributed by atoms with Gasteiger partial charge < -0.3 is 5.32 Å². The highest BCUT2D eigenvalue weighted by molar-refractivity contribution is 7.80. The number of rotatable bonds is 1. The summed E-state index contributed by atoms with van der Waals surface area (Å²) < 4.78 is 0. The van der Waals surface area contributed by atoms with Gasteiger partial charge in [0.2, 0.25) is 5.91 Å². The lowest BCUT2D eigenvalue weighted by atomic mass is 10.2. The van der Waals surface area contributed by atoms with Crippen molar-refractivity contribution in [2.45, 2.75) is 6.92 Å². The zero-order valence-electron chi connectivity index (χ0n) is 7.87. The molecule has 0 bridgehead atoms. The van der Waals surface area contributed by atoms with Crippen LogP contribution in [0.4, 0.5) is 5.69 Å². The Kier molecular flexibility index (Phi) is 4.09. The highest BCUT2D eigenvalue weighted by atomic mass is 32.1. The molecule has 0 saturated heterocycles. The lowest BCUT2D eigenvalue weighted by Crippen LogP contribution is -2.06. The minimum atomic E-state index is -0.0925. The van der Waals surface area contributed by atoms with Crippen molar-refractivity contribution >= 4 is 24.2 Å². The van der Waals surface area contributed by atoms with Crippen LogP contribution < -0.4 is 5.32 Å². The Morgan fingerprint density at radius 3 is 2.86 bits per heavy atom. The minimum absolute atomic E-state index is 0.0925. The zero-order valence-corrected chi connectivity index (χ0v) is 8.77. The third-order valence-corrected chi connectivity index (χ3v) is 1.70. The van der Waals surface area contributed by atoms with E-state index in [4.69, 9.17) is 0 Å². The molecule has 0 aliphatic heterocycles. The Labute approximate surface area is 89.1 Å². The van der Waals surface area contributed by atoms with Crippen LogP contribution in [0.1, 0.15) is 12.5 Å². The molecule has 72 valence electrons. The van der Waals surface area contributed by atoms with Gasteiger partial charge >= 0.3 is 0 Å². The Hall–Kier alpha value is -1.40. The molecule has 0 fully saturated rings. The fourth-order valence-corrected chi connectivity index (χ4v) is 1.10. The molecular weight excluding hydrogens is 194 g/mol. The molecule has 1 amide bonds. The summed E-state index contributed by atoms with van der Waals surface area (Å²) >= 11 is 3.99. The lowest BCUT2D eigenvalue weighted by molar-refractivity contribution is -0.114. The topological polar surface area (TPSA) is 29.1 Å². The SMILES string of the molecule is CC(=O)Nc1ccccc1C#CCS. The van der Waals surface area contributed by atoms with Gasteiger partial charge in [-0.25, -0.2) is 0 Å². The molecule has 1 N–H and O–H groups in total. The molecular formula is C11H11NOS. The van der Waals surface area contributed by atoms with Crippen LogP contribution >= 0.6 is 12.6 Å². The Balaban J connectivity index is 2.96. The number of carbonyl (C=O) groups is 1. The summed E-state index contributed by atoms with van der Waals surface area (Å²) in [6.45, 7) is 1.48. The number of anilines is 1. The Morgan fingerprint density at radius 1 is 1.50 bits per heavy atom. The second-order valence-corrected chi connectivity index (χ2v) is 3.00. The van der Waals surface area contributed by atoms with Crippen molar-refractivity contribution in [3.05, 3.63) is 29.8 Å². The van der Waals surface area contributed by atoms with Gasteiger partial charge in [-0.3, -0.25) is 4.79 Å². The van der Waals surface area contributed by atoms with E-state index in [0.717, 1.165) is 11.3 Å².